The van der Waals surface area contributed by atoms with E-state index in [0.29, 0.717) is 0 Å². The van der Waals surface area contributed by atoms with Gasteiger partial charge in [-0.25, -0.2) is 4.39 Å². The molecule has 2 N–H and O–H groups in total. The van der Waals surface area contributed by atoms with Gasteiger partial charge in [-0.05, 0) is 56.0 Å². The lowest BCUT2D eigenvalue weighted by Crippen LogP contribution is -2.35. The molecule has 1 fully saturated rings. The normalized spacial score (nSPS) is 21.6. The lowest BCUT2D eigenvalue weighted by Gasteiger charge is -2.32. The van der Waals surface area contributed by atoms with E-state index >= 15 is 0 Å². The Hall–Kier alpha value is -0.930. The van der Waals surface area contributed by atoms with Crippen molar-refractivity contribution < 1.29 is 4.39 Å². The largest absolute Gasteiger partial charge is 0.330 e. The number of hydrogen-bond acceptors (Lipinski definition) is 2. The quantitative estimate of drug-likeness (QED) is 0.869. The second kappa shape index (κ2) is 6.12. The summed E-state index contributed by atoms with van der Waals surface area (Å²) in [5.41, 5.74) is 6.68. The Kier molecular flexibility index (Phi) is 4.51. The van der Waals surface area contributed by atoms with E-state index in [9.17, 15) is 4.39 Å². The second-order valence-electron chi connectivity index (χ2n) is 4.95. The topological polar surface area (TPSA) is 29.3 Å². The van der Waals surface area contributed by atoms with Crippen molar-refractivity contribution in [1.82, 2.24) is 4.90 Å². The Morgan fingerprint density at radius 3 is 3.06 bits per heavy atom. The molecule has 1 saturated heterocycles. The zero-order valence-corrected chi connectivity index (χ0v) is 10.2. The number of halogens is 1. The summed E-state index contributed by atoms with van der Waals surface area (Å²) < 4.78 is 13.1. The number of nitrogens with zero attached hydrogens (tertiary/aromatic N) is 1. The minimum atomic E-state index is -0.141. The summed E-state index contributed by atoms with van der Waals surface area (Å²) in [5.74, 6) is 0.584. The lowest BCUT2D eigenvalue weighted by molar-refractivity contribution is 0.163. The van der Waals surface area contributed by atoms with Crippen LogP contribution >= 0.6 is 0 Å². The van der Waals surface area contributed by atoms with Gasteiger partial charge in [0.05, 0.1) is 0 Å². The van der Waals surface area contributed by atoms with E-state index in [2.05, 4.69) is 4.90 Å². The van der Waals surface area contributed by atoms with E-state index in [4.69, 9.17) is 5.73 Å². The molecule has 1 aliphatic heterocycles. The van der Waals surface area contributed by atoms with Crippen LogP contribution in [0.5, 0.6) is 0 Å². The van der Waals surface area contributed by atoms with E-state index in [1.54, 1.807) is 12.1 Å². The van der Waals surface area contributed by atoms with Crippen LogP contribution in [0.1, 0.15) is 24.8 Å². The molecule has 1 aliphatic rings. The summed E-state index contributed by atoms with van der Waals surface area (Å²) >= 11 is 0. The Morgan fingerprint density at radius 1 is 1.41 bits per heavy atom. The maximum atomic E-state index is 13.1. The minimum absolute atomic E-state index is 0.141. The molecule has 2 rings (SSSR count). The van der Waals surface area contributed by atoms with Gasteiger partial charge in [0.2, 0.25) is 0 Å². The first-order valence-electron chi connectivity index (χ1n) is 6.45. The first kappa shape index (κ1) is 12.5. The van der Waals surface area contributed by atoms with Crippen molar-refractivity contribution >= 4 is 0 Å². The van der Waals surface area contributed by atoms with Crippen molar-refractivity contribution in [2.24, 2.45) is 11.7 Å². The highest BCUT2D eigenvalue weighted by Gasteiger charge is 2.19. The SMILES string of the molecule is NCCC1CCCN(Cc2cccc(F)c2)C1. The summed E-state index contributed by atoms with van der Waals surface area (Å²) in [5, 5.41) is 0. The number of nitrogens with two attached hydrogens (primary N) is 1. The van der Waals surface area contributed by atoms with E-state index < -0.39 is 0 Å². The third-order valence-electron chi connectivity index (χ3n) is 3.47. The van der Waals surface area contributed by atoms with Gasteiger partial charge in [-0.2, -0.15) is 0 Å². The van der Waals surface area contributed by atoms with Crippen LogP contribution < -0.4 is 5.73 Å². The smallest absolute Gasteiger partial charge is 0.123 e. The van der Waals surface area contributed by atoms with Crippen LogP contribution in [0.3, 0.4) is 0 Å². The summed E-state index contributed by atoms with van der Waals surface area (Å²) in [6, 6.07) is 6.91. The molecule has 0 aromatic heterocycles. The maximum absolute atomic E-state index is 13.1. The van der Waals surface area contributed by atoms with Crippen molar-refractivity contribution in [3.63, 3.8) is 0 Å². The van der Waals surface area contributed by atoms with Crippen LogP contribution in [0.25, 0.3) is 0 Å². The highest BCUT2D eigenvalue weighted by Crippen LogP contribution is 2.20. The van der Waals surface area contributed by atoms with Gasteiger partial charge in [0.25, 0.3) is 0 Å². The number of rotatable bonds is 4. The molecule has 0 bridgehead atoms. The molecule has 17 heavy (non-hydrogen) atoms. The maximum Gasteiger partial charge on any atom is 0.123 e. The highest BCUT2D eigenvalue weighted by atomic mass is 19.1. The Bertz CT molecular complexity index is 352. The van der Waals surface area contributed by atoms with Gasteiger partial charge < -0.3 is 5.73 Å². The fourth-order valence-corrected chi connectivity index (χ4v) is 2.66. The zero-order valence-electron chi connectivity index (χ0n) is 10.2. The average Bonchev–Trinajstić information content (AvgIpc) is 2.30. The molecule has 0 saturated carbocycles. The van der Waals surface area contributed by atoms with E-state index in [1.165, 1.54) is 18.9 Å². The number of likely N-dealkylation sites (tertiary alicyclic amines) is 1. The predicted molar refractivity (Wildman–Crippen MR) is 68.1 cm³/mol. The molecule has 1 atom stereocenters. The molecular formula is C14H21FN2. The van der Waals surface area contributed by atoms with Crippen LogP contribution in [0.4, 0.5) is 4.39 Å². The Morgan fingerprint density at radius 2 is 2.29 bits per heavy atom. The van der Waals surface area contributed by atoms with Crippen LogP contribution in [0, 0.1) is 11.7 Å². The van der Waals surface area contributed by atoms with Crippen molar-refractivity contribution in [1.29, 1.82) is 0 Å². The monoisotopic (exact) mass is 236 g/mol. The zero-order chi connectivity index (χ0) is 12.1. The van der Waals surface area contributed by atoms with Crippen molar-refractivity contribution in [2.75, 3.05) is 19.6 Å². The fourth-order valence-electron chi connectivity index (χ4n) is 2.66. The fraction of sp³-hybridized carbons (Fsp3) is 0.571. The van der Waals surface area contributed by atoms with Gasteiger partial charge in [0.1, 0.15) is 5.82 Å². The molecule has 1 unspecified atom stereocenters. The minimum Gasteiger partial charge on any atom is -0.330 e. The van der Waals surface area contributed by atoms with Gasteiger partial charge in [-0.15, -0.1) is 0 Å². The van der Waals surface area contributed by atoms with Gasteiger partial charge >= 0.3 is 0 Å². The van der Waals surface area contributed by atoms with E-state index in [1.807, 2.05) is 6.07 Å². The van der Waals surface area contributed by atoms with E-state index in [0.717, 1.165) is 44.1 Å². The lowest BCUT2D eigenvalue weighted by atomic mass is 9.94. The van der Waals surface area contributed by atoms with Crippen LogP contribution in [-0.4, -0.2) is 24.5 Å². The predicted octanol–water partition coefficient (Wildman–Crippen LogP) is 2.39. The molecule has 1 heterocycles. The molecule has 0 spiro atoms. The molecule has 1 aromatic carbocycles. The van der Waals surface area contributed by atoms with Gasteiger partial charge in [0.15, 0.2) is 0 Å². The van der Waals surface area contributed by atoms with Gasteiger partial charge in [0, 0.05) is 13.1 Å². The van der Waals surface area contributed by atoms with Crippen molar-refractivity contribution in [3.05, 3.63) is 35.6 Å². The summed E-state index contributed by atoms with van der Waals surface area (Å²) in [6.07, 6.45) is 3.64. The molecule has 0 amide bonds. The Labute approximate surface area is 103 Å². The number of benzene rings is 1. The number of piperidine rings is 1. The first-order chi connectivity index (χ1) is 8.28. The summed E-state index contributed by atoms with van der Waals surface area (Å²) in [4.78, 5) is 2.42. The van der Waals surface area contributed by atoms with Crippen LogP contribution in [-0.2, 0) is 6.54 Å². The first-order valence-corrected chi connectivity index (χ1v) is 6.45. The second-order valence-corrected chi connectivity index (χ2v) is 4.95. The van der Waals surface area contributed by atoms with Gasteiger partial charge in [-0.3, -0.25) is 4.90 Å². The molecule has 3 heteroatoms. The third kappa shape index (κ3) is 3.79. The Balaban J connectivity index is 1.90. The third-order valence-corrected chi connectivity index (χ3v) is 3.47. The van der Waals surface area contributed by atoms with E-state index in [-0.39, 0.29) is 5.82 Å². The molecule has 1 aromatic rings. The molecule has 0 aliphatic carbocycles. The van der Waals surface area contributed by atoms with Crippen molar-refractivity contribution in [3.8, 4) is 0 Å². The standard InChI is InChI=1S/C14H21FN2/c15-14-5-1-3-13(9-14)11-17-8-2-4-12(10-17)6-7-16/h1,3,5,9,12H,2,4,6-8,10-11,16H2. The molecule has 94 valence electrons. The van der Waals surface area contributed by atoms with Crippen LogP contribution in [0.15, 0.2) is 24.3 Å². The van der Waals surface area contributed by atoms with Gasteiger partial charge in [-0.1, -0.05) is 12.1 Å². The van der Waals surface area contributed by atoms with Crippen LogP contribution in [0.2, 0.25) is 0 Å². The molecule has 2 nitrogen and oxygen atoms in total. The number of hydrogen-bond donors (Lipinski definition) is 1. The molecule has 0 radical (unpaired) electrons. The summed E-state index contributed by atoms with van der Waals surface area (Å²) in [6.45, 7) is 3.86. The van der Waals surface area contributed by atoms with Crippen molar-refractivity contribution in [2.45, 2.75) is 25.8 Å². The molecular weight excluding hydrogens is 215 g/mol. The highest BCUT2D eigenvalue weighted by molar-refractivity contribution is 5.16. The summed E-state index contributed by atoms with van der Waals surface area (Å²) in [7, 11) is 0. The average molecular weight is 236 g/mol.